The molecule has 148 valence electrons. The molecule has 1 atom stereocenters. The number of amides is 2. The lowest BCUT2D eigenvalue weighted by atomic mass is 9.81. The van der Waals surface area contributed by atoms with Crippen LogP contribution >= 0.6 is 0 Å². The molecule has 2 fully saturated rings. The summed E-state index contributed by atoms with van der Waals surface area (Å²) in [5, 5.41) is 2.87. The van der Waals surface area contributed by atoms with E-state index < -0.39 is 24.4 Å². The highest BCUT2D eigenvalue weighted by Gasteiger charge is 2.42. The van der Waals surface area contributed by atoms with Gasteiger partial charge in [0.1, 0.15) is 0 Å². The number of nitrogens with two attached hydrogens (primary N) is 2. The van der Waals surface area contributed by atoms with E-state index in [1.54, 1.807) is 0 Å². The number of anilines is 1. The van der Waals surface area contributed by atoms with Gasteiger partial charge in [0.05, 0.1) is 12.6 Å². The first kappa shape index (κ1) is 19.4. The maximum Gasteiger partial charge on any atom is 0.273 e. The monoisotopic (exact) mass is 382 g/mol. The highest BCUT2D eigenvalue weighted by molar-refractivity contribution is 5.96. The first-order valence-corrected chi connectivity index (χ1v) is 9.06. The Morgan fingerprint density at radius 2 is 1.89 bits per heavy atom. The third kappa shape index (κ3) is 4.49. The van der Waals surface area contributed by atoms with Crippen LogP contribution in [-0.4, -0.2) is 57.8 Å². The van der Waals surface area contributed by atoms with E-state index in [2.05, 4.69) is 15.3 Å². The van der Waals surface area contributed by atoms with Crippen LogP contribution in [0.5, 0.6) is 0 Å². The Balaban J connectivity index is 1.49. The van der Waals surface area contributed by atoms with Crippen molar-refractivity contribution in [2.45, 2.75) is 50.1 Å². The van der Waals surface area contributed by atoms with Crippen LogP contribution in [0.15, 0.2) is 12.4 Å². The lowest BCUT2D eigenvalue weighted by molar-refractivity contribution is -0.134. The molecular weight excluding hydrogens is 358 g/mol. The van der Waals surface area contributed by atoms with Crippen molar-refractivity contribution in [2.24, 2.45) is 11.7 Å². The number of alkyl halides is 2. The van der Waals surface area contributed by atoms with Gasteiger partial charge in [-0.1, -0.05) is 0 Å². The second kappa shape index (κ2) is 7.71. The van der Waals surface area contributed by atoms with E-state index in [1.807, 2.05) is 0 Å². The SMILES string of the molecule is Nc1nccnc1C(=O)NC1CCC([C@H](N)C(=O)N2CCC(F)(F)C2)CC1. The van der Waals surface area contributed by atoms with Crippen molar-refractivity contribution >= 4 is 17.6 Å². The van der Waals surface area contributed by atoms with Gasteiger partial charge in [-0.3, -0.25) is 9.59 Å². The van der Waals surface area contributed by atoms with Gasteiger partial charge >= 0.3 is 0 Å². The second-order valence-corrected chi connectivity index (χ2v) is 7.27. The van der Waals surface area contributed by atoms with Crippen LogP contribution < -0.4 is 16.8 Å². The van der Waals surface area contributed by atoms with Gasteiger partial charge < -0.3 is 21.7 Å². The molecule has 1 saturated carbocycles. The van der Waals surface area contributed by atoms with Gasteiger partial charge in [0.25, 0.3) is 11.8 Å². The normalized spacial score (nSPS) is 25.8. The topological polar surface area (TPSA) is 127 Å². The minimum atomic E-state index is -2.82. The summed E-state index contributed by atoms with van der Waals surface area (Å²) in [4.78, 5) is 33.6. The molecule has 8 nitrogen and oxygen atoms in total. The average molecular weight is 382 g/mol. The molecule has 0 spiro atoms. The van der Waals surface area contributed by atoms with Gasteiger partial charge in [-0.25, -0.2) is 18.7 Å². The largest absolute Gasteiger partial charge is 0.382 e. The first-order chi connectivity index (χ1) is 12.8. The highest BCUT2D eigenvalue weighted by atomic mass is 19.3. The summed E-state index contributed by atoms with van der Waals surface area (Å²) >= 11 is 0. The molecule has 10 heteroatoms. The quantitative estimate of drug-likeness (QED) is 0.698. The van der Waals surface area contributed by atoms with E-state index in [0.717, 1.165) is 4.90 Å². The van der Waals surface area contributed by atoms with Crippen LogP contribution in [0, 0.1) is 5.92 Å². The molecule has 0 aromatic carbocycles. The zero-order valence-electron chi connectivity index (χ0n) is 14.9. The van der Waals surface area contributed by atoms with Crippen molar-refractivity contribution in [3.63, 3.8) is 0 Å². The Morgan fingerprint density at radius 3 is 2.48 bits per heavy atom. The molecule has 0 radical (unpaired) electrons. The van der Waals surface area contributed by atoms with E-state index in [4.69, 9.17) is 11.5 Å². The third-order valence-corrected chi connectivity index (χ3v) is 5.32. The smallest absolute Gasteiger partial charge is 0.273 e. The van der Waals surface area contributed by atoms with Gasteiger partial charge in [-0.15, -0.1) is 0 Å². The van der Waals surface area contributed by atoms with Crippen LogP contribution in [-0.2, 0) is 4.79 Å². The molecule has 0 unspecified atom stereocenters. The molecule has 1 saturated heterocycles. The zero-order valence-corrected chi connectivity index (χ0v) is 14.9. The van der Waals surface area contributed by atoms with Gasteiger partial charge in [-0.2, -0.15) is 0 Å². The number of nitrogens with one attached hydrogen (secondary N) is 1. The Kier molecular flexibility index (Phi) is 5.54. The van der Waals surface area contributed by atoms with Crippen LogP contribution in [0.25, 0.3) is 0 Å². The molecule has 27 heavy (non-hydrogen) atoms. The summed E-state index contributed by atoms with van der Waals surface area (Å²) < 4.78 is 26.6. The lowest BCUT2D eigenvalue weighted by Crippen LogP contribution is -2.49. The average Bonchev–Trinajstić information content (AvgIpc) is 3.01. The molecule has 2 aliphatic rings. The Hall–Kier alpha value is -2.36. The Morgan fingerprint density at radius 1 is 1.22 bits per heavy atom. The summed E-state index contributed by atoms with van der Waals surface area (Å²) in [6.45, 7) is -0.505. The maximum atomic E-state index is 13.3. The van der Waals surface area contributed by atoms with E-state index in [0.29, 0.717) is 25.7 Å². The molecular formula is C17H24F2N6O2. The van der Waals surface area contributed by atoms with Gasteiger partial charge in [0.15, 0.2) is 11.5 Å². The Bertz CT molecular complexity index is 708. The Labute approximate surface area is 155 Å². The minimum absolute atomic E-state index is 0.0461. The number of hydrogen-bond acceptors (Lipinski definition) is 6. The van der Waals surface area contributed by atoms with Crippen molar-refractivity contribution < 1.29 is 18.4 Å². The van der Waals surface area contributed by atoms with E-state index in [9.17, 15) is 18.4 Å². The van der Waals surface area contributed by atoms with Gasteiger partial charge in [0.2, 0.25) is 5.91 Å². The van der Waals surface area contributed by atoms with E-state index in [-0.39, 0.29) is 42.3 Å². The molecule has 1 aromatic heterocycles. The standard InChI is InChI=1S/C17H24F2N6O2/c18-17(19)5-8-25(9-17)16(27)12(20)10-1-3-11(4-2-10)24-15(26)13-14(21)23-7-6-22-13/h6-7,10-12H,1-5,8-9,20H2,(H2,21,23)(H,24,26)/t10?,11?,12-/m0/s1. The number of rotatable bonds is 4. The first-order valence-electron chi connectivity index (χ1n) is 9.06. The van der Waals surface area contributed by atoms with Gasteiger partial charge in [0, 0.05) is 31.4 Å². The van der Waals surface area contributed by atoms with Crippen molar-refractivity contribution in [3.8, 4) is 0 Å². The fourth-order valence-corrected chi connectivity index (χ4v) is 3.74. The molecule has 2 heterocycles. The summed E-state index contributed by atoms with van der Waals surface area (Å²) in [6.07, 6.45) is 5.06. The zero-order chi connectivity index (χ0) is 19.6. The summed E-state index contributed by atoms with van der Waals surface area (Å²) in [5.74, 6) is -3.63. The number of hydrogen-bond donors (Lipinski definition) is 3. The molecule has 3 rings (SSSR count). The van der Waals surface area contributed by atoms with Crippen LogP contribution in [0.1, 0.15) is 42.6 Å². The molecule has 5 N–H and O–H groups in total. The van der Waals surface area contributed by atoms with Crippen LogP contribution in [0.2, 0.25) is 0 Å². The number of nitrogen functional groups attached to an aromatic ring is 1. The predicted octanol–water partition coefficient (Wildman–Crippen LogP) is 0.542. The molecule has 1 aliphatic carbocycles. The summed E-state index contributed by atoms with van der Waals surface area (Å²) in [5.41, 5.74) is 11.8. The highest BCUT2D eigenvalue weighted by Crippen LogP contribution is 2.30. The number of likely N-dealkylation sites (tertiary alicyclic amines) is 1. The maximum absolute atomic E-state index is 13.3. The summed E-state index contributed by atoms with van der Waals surface area (Å²) in [6, 6.07) is -0.861. The van der Waals surface area contributed by atoms with E-state index in [1.165, 1.54) is 12.4 Å². The number of carbonyl (C=O) groups is 2. The number of halogens is 2. The molecule has 1 aliphatic heterocycles. The van der Waals surface area contributed by atoms with Crippen molar-refractivity contribution in [2.75, 3.05) is 18.8 Å². The fraction of sp³-hybridized carbons (Fsp3) is 0.647. The number of carbonyl (C=O) groups excluding carboxylic acids is 2. The molecule has 2 amide bonds. The third-order valence-electron chi connectivity index (χ3n) is 5.32. The van der Waals surface area contributed by atoms with Crippen molar-refractivity contribution in [1.82, 2.24) is 20.2 Å². The minimum Gasteiger partial charge on any atom is -0.382 e. The van der Waals surface area contributed by atoms with Crippen LogP contribution in [0.4, 0.5) is 14.6 Å². The molecule has 1 aromatic rings. The van der Waals surface area contributed by atoms with Crippen molar-refractivity contribution in [1.29, 1.82) is 0 Å². The second-order valence-electron chi connectivity index (χ2n) is 7.27. The predicted molar refractivity (Wildman–Crippen MR) is 93.8 cm³/mol. The van der Waals surface area contributed by atoms with E-state index >= 15 is 0 Å². The van der Waals surface area contributed by atoms with Crippen LogP contribution in [0.3, 0.4) is 0 Å². The van der Waals surface area contributed by atoms with Crippen molar-refractivity contribution in [3.05, 3.63) is 18.1 Å². The fourth-order valence-electron chi connectivity index (χ4n) is 3.74. The number of nitrogens with zero attached hydrogens (tertiary/aromatic N) is 3. The van der Waals surface area contributed by atoms with Gasteiger partial charge in [-0.05, 0) is 31.6 Å². The molecule has 0 bridgehead atoms. The lowest BCUT2D eigenvalue weighted by Gasteiger charge is -2.33. The number of aromatic nitrogens is 2. The summed E-state index contributed by atoms with van der Waals surface area (Å²) in [7, 11) is 0.